The Hall–Kier alpha value is -3.75. The number of benzene rings is 1. The molecule has 0 unspecified atom stereocenters. The fourth-order valence-corrected chi connectivity index (χ4v) is 4.76. The van der Waals surface area contributed by atoms with Crippen molar-refractivity contribution >= 4 is 23.2 Å². The van der Waals surface area contributed by atoms with E-state index in [2.05, 4.69) is 9.97 Å². The first kappa shape index (κ1) is 26.3. The Morgan fingerprint density at radius 2 is 1.78 bits per heavy atom. The number of likely N-dealkylation sites (tertiary alicyclic amines) is 1. The normalized spacial score (nSPS) is 16.8. The van der Waals surface area contributed by atoms with E-state index in [1.807, 2.05) is 4.90 Å². The molecule has 1 amide bonds. The number of amides is 1. The molecular formula is C28H30F2N4O3. The molecule has 1 aromatic heterocycles. The molecule has 0 spiro atoms. The lowest BCUT2D eigenvalue weighted by Gasteiger charge is -2.35. The zero-order chi connectivity index (χ0) is 26.5. The van der Waals surface area contributed by atoms with Crippen LogP contribution in [0.25, 0.3) is 0 Å². The predicted octanol–water partition coefficient (Wildman–Crippen LogP) is 4.19. The number of carbonyl (C=O) groups excluding carboxylic acids is 3. The van der Waals surface area contributed by atoms with Gasteiger partial charge in [-0.2, -0.15) is 0 Å². The molecule has 2 aromatic rings. The predicted molar refractivity (Wildman–Crippen MR) is 134 cm³/mol. The van der Waals surface area contributed by atoms with E-state index in [1.54, 1.807) is 31.1 Å². The van der Waals surface area contributed by atoms with E-state index in [1.165, 1.54) is 24.5 Å². The van der Waals surface area contributed by atoms with Crippen molar-refractivity contribution in [1.82, 2.24) is 14.9 Å². The highest BCUT2D eigenvalue weighted by molar-refractivity contribution is 6.22. The minimum absolute atomic E-state index is 0.0368. The molecule has 0 bridgehead atoms. The number of rotatable bonds is 8. The maximum atomic E-state index is 14.4. The average Bonchev–Trinajstić information content (AvgIpc) is 2.90. The zero-order valence-corrected chi connectivity index (χ0v) is 21.0. The van der Waals surface area contributed by atoms with E-state index < -0.39 is 11.6 Å². The van der Waals surface area contributed by atoms with Crippen LogP contribution in [0.15, 0.2) is 59.7 Å². The van der Waals surface area contributed by atoms with Crippen LogP contribution >= 0.6 is 0 Å². The second-order valence-electron chi connectivity index (χ2n) is 9.65. The first-order valence-electron chi connectivity index (χ1n) is 12.4. The maximum absolute atomic E-state index is 14.4. The van der Waals surface area contributed by atoms with Crippen molar-refractivity contribution < 1.29 is 23.2 Å². The van der Waals surface area contributed by atoms with Crippen LogP contribution < -0.4 is 4.90 Å². The molecule has 9 heteroatoms. The summed E-state index contributed by atoms with van der Waals surface area (Å²) in [6, 6.07) is 3.57. The lowest BCUT2D eigenvalue weighted by Crippen LogP contribution is -2.41. The molecule has 2 aliphatic rings. The Balaban J connectivity index is 1.33. The number of nitrogens with zero attached hydrogens (tertiary/aromatic N) is 4. The number of piperidine rings is 1. The summed E-state index contributed by atoms with van der Waals surface area (Å²) in [6.45, 7) is 5.30. The van der Waals surface area contributed by atoms with Gasteiger partial charge < -0.3 is 9.80 Å². The van der Waals surface area contributed by atoms with E-state index in [-0.39, 0.29) is 42.8 Å². The Morgan fingerprint density at radius 1 is 1.08 bits per heavy atom. The van der Waals surface area contributed by atoms with Crippen molar-refractivity contribution in [3.05, 3.63) is 76.9 Å². The minimum Gasteiger partial charge on any atom is -0.364 e. The van der Waals surface area contributed by atoms with Gasteiger partial charge in [0.25, 0.3) is 0 Å². The second kappa shape index (κ2) is 11.5. The smallest absolute Gasteiger partial charge is 0.222 e. The van der Waals surface area contributed by atoms with Crippen molar-refractivity contribution in [2.45, 2.75) is 46.1 Å². The van der Waals surface area contributed by atoms with Gasteiger partial charge in [-0.25, -0.2) is 18.7 Å². The summed E-state index contributed by atoms with van der Waals surface area (Å²) in [6.07, 6.45) is 8.07. The molecule has 0 N–H and O–H groups in total. The van der Waals surface area contributed by atoms with Gasteiger partial charge in [-0.05, 0) is 51.2 Å². The molecule has 194 valence electrons. The van der Waals surface area contributed by atoms with Gasteiger partial charge in [-0.15, -0.1) is 0 Å². The van der Waals surface area contributed by atoms with Gasteiger partial charge in [-0.3, -0.25) is 14.4 Å². The van der Waals surface area contributed by atoms with Gasteiger partial charge in [0.2, 0.25) is 5.91 Å². The van der Waals surface area contributed by atoms with Crippen LogP contribution in [-0.4, -0.2) is 52.0 Å². The lowest BCUT2D eigenvalue weighted by atomic mass is 9.89. The third-order valence-corrected chi connectivity index (χ3v) is 7.21. The Kier molecular flexibility index (Phi) is 8.21. The van der Waals surface area contributed by atoms with Crippen molar-refractivity contribution in [2.75, 3.05) is 24.5 Å². The van der Waals surface area contributed by atoms with Gasteiger partial charge in [0.15, 0.2) is 11.6 Å². The van der Waals surface area contributed by atoms with Crippen molar-refractivity contribution in [3.8, 4) is 0 Å². The minimum atomic E-state index is -0.620. The molecule has 0 saturated carbocycles. The number of hydrogen-bond acceptors (Lipinski definition) is 6. The summed E-state index contributed by atoms with van der Waals surface area (Å²) < 4.78 is 27.7. The van der Waals surface area contributed by atoms with Crippen LogP contribution in [0.2, 0.25) is 0 Å². The molecule has 4 rings (SSSR count). The fraction of sp³-hybridized carbons (Fsp3) is 0.393. The first-order valence-corrected chi connectivity index (χ1v) is 12.4. The van der Waals surface area contributed by atoms with E-state index in [0.717, 1.165) is 24.6 Å². The molecule has 2 heterocycles. The van der Waals surface area contributed by atoms with Crippen LogP contribution in [0.4, 0.5) is 14.5 Å². The van der Waals surface area contributed by atoms with Gasteiger partial charge in [0, 0.05) is 60.9 Å². The number of hydrogen-bond donors (Lipinski definition) is 0. The molecular weight excluding hydrogens is 478 g/mol. The molecule has 1 fully saturated rings. The molecule has 0 radical (unpaired) electrons. The first-order chi connectivity index (χ1) is 17.7. The van der Waals surface area contributed by atoms with Gasteiger partial charge in [0.1, 0.15) is 18.0 Å². The fourth-order valence-electron chi connectivity index (χ4n) is 4.76. The number of carbonyl (C=O) groups is 3. The molecule has 1 saturated heterocycles. The largest absolute Gasteiger partial charge is 0.364 e. The van der Waals surface area contributed by atoms with Crippen LogP contribution in [0, 0.1) is 17.6 Å². The number of aromatic nitrogens is 2. The van der Waals surface area contributed by atoms with Crippen LogP contribution in [-0.2, 0) is 20.9 Å². The number of anilines is 1. The van der Waals surface area contributed by atoms with Gasteiger partial charge in [0.05, 0.1) is 18.1 Å². The maximum Gasteiger partial charge on any atom is 0.222 e. The third kappa shape index (κ3) is 6.34. The Labute approximate surface area is 214 Å². The zero-order valence-electron chi connectivity index (χ0n) is 21.0. The monoisotopic (exact) mass is 508 g/mol. The SMILES string of the molecule is CC1=C(C)C(=O)C(CCC(=O)N2CCC(CN(Cc3ccc(F)cc3F)c3cncnc3)CC2)=CC1=O. The Bertz CT molecular complexity index is 1250. The molecule has 1 aliphatic heterocycles. The summed E-state index contributed by atoms with van der Waals surface area (Å²) in [5, 5.41) is 0. The molecule has 0 atom stereocenters. The van der Waals surface area contributed by atoms with Gasteiger partial charge >= 0.3 is 0 Å². The van der Waals surface area contributed by atoms with Gasteiger partial charge in [-0.1, -0.05) is 6.07 Å². The number of allylic oxidation sites excluding steroid dienone is 4. The summed E-state index contributed by atoms with van der Waals surface area (Å²) >= 11 is 0. The summed E-state index contributed by atoms with van der Waals surface area (Å²) in [5.41, 5.74) is 2.42. The van der Waals surface area contributed by atoms with Crippen LogP contribution in [0.3, 0.4) is 0 Å². The standard InChI is InChI=1S/C28H30F2N4O3/c1-18-19(2)28(37)21(11-26(18)35)4-6-27(36)33-9-7-20(8-10-33)15-34(24-13-31-17-32-14-24)16-22-3-5-23(29)12-25(22)30/h3,5,11-14,17,20H,4,6-10,15-16H2,1-2H3. The average molecular weight is 509 g/mol. The van der Waals surface area contributed by atoms with E-state index >= 15 is 0 Å². The Morgan fingerprint density at radius 3 is 2.46 bits per heavy atom. The molecule has 1 aromatic carbocycles. The van der Waals surface area contributed by atoms with E-state index in [9.17, 15) is 23.2 Å². The second-order valence-corrected chi connectivity index (χ2v) is 9.65. The number of halogens is 2. The van der Waals surface area contributed by atoms with Crippen molar-refractivity contribution in [2.24, 2.45) is 5.92 Å². The third-order valence-electron chi connectivity index (χ3n) is 7.21. The highest BCUT2D eigenvalue weighted by Gasteiger charge is 2.27. The molecule has 7 nitrogen and oxygen atoms in total. The van der Waals surface area contributed by atoms with Crippen molar-refractivity contribution in [3.63, 3.8) is 0 Å². The lowest BCUT2D eigenvalue weighted by molar-refractivity contribution is -0.132. The molecule has 1 aliphatic carbocycles. The number of ketones is 2. The number of Topliss-reactive ketones (excluding diaryl/α,β-unsaturated/α-hetero) is 1. The summed E-state index contributed by atoms with van der Waals surface area (Å²) in [7, 11) is 0. The highest BCUT2D eigenvalue weighted by atomic mass is 19.1. The summed E-state index contributed by atoms with van der Waals surface area (Å²) in [4.78, 5) is 49.3. The topological polar surface area (TPSA) is 83.5 Å². The van der Waals surface area contributed by atoms with E-state index in [4.69, 9.17) is 0 Å². The quantitative estimate of drug-likeness (QED) is 0.497. The van der Waals surface area contributed by atoms with Crippen LogP contribution in [0.1, 0.15) is 45.1 Å². The summed E-state index contributed by atoms with van der Waals surface area (Å²) in [5.74, 6) is -1.34. The highest BCUT2D eigenvalue weighted by Crippen LogP contribution is 2.26. The molecule has 37 heavy (non-hydrogen) atoms. The van der Waals surface area contributed by atoms with Crippen molar-refractivity contribution in [1.29, 1.82) is 0 Å². The van der Waals surface area contributed by atoms with Crippen LogP contribution in [0.5, 0.6) is 0 Å². The van der Waals surface area contributed by atoms with E-state index in [0.29, 0.717) is 41.9 Å².